The summed E-state index contributed by atoms with van der Waals surface area (Å²) in [6.45, 7) is 2.20. The van der Waals surface area contributed by atoms with Crippen LogP contribution in [0, 0.1) is 6.33 Å². The Hall–Kier alpha value is -1.03. The van der Waals surface area contributed by atoms with Crippen LogP contribution in [0.5, 0.6) is 0 Å². The lowest BCUT2D eigenvalue weighted by molar-refractivity contribution is 0.892. The minimum atomic E-state index is 0.913. The second-order valence-electron chi connectivity index (χ2n) is 3.47. The zero-order valence-corrected chi connectivity index (χ0v) is 9.84. The van der Waals surface area contributed by atoms with Gasteiger partial charge >= 0.3 is 0 Å². The first-order valence-electron chi connectivity index (χ1n) is 5.15. The molecule has 0 atom stereocenters. The largest absolute Gasteiger partial charge is 0.309 e. The molecule has 4 heteroatoms. The van der Waals surface area contributed by atoms with Crippen molar-refractivity contribution in [2.45, 2.75) is 24.8 Å². The van der Waals surface area contributed by atoms with E-state index in [1.807, 2.05) is 23.7 Å². The molecule has 2 heterocycles. The Balaban J connectivity index is 2.18. The lowest BCUT2D eigenvalue weighted by atomic mass is 10.4. The fourth-order valence-electron chi connectivity index (χ4n) is 1.34. The lowest BCUT2D eigenvalue weighted by Crippen LogP contribution is -1.90. The van der Waals surface area contributed by atoms with E-state index in [0.717, 1.165) is 21.9 Å². The van der Waals surface area contributed by atoms with Crippen molar-refractivity contribution >= 4 is 22.9 Å². The van der Waals surface area contributed by atoms with E-state index >= 15 is 0 Å². The van der Waals surface area contributed by atoms with Gasteiger partial charge in [0.25, 0.3) is 0 Å². The highest BCUT2D eigenvalue weighted by atomic mass is 32.2. The smallest absolute Gasteiger partial charge is 0.178 e. The second kappa shape index (κ2) is 4.66. The van der Waals surface area contributed by atoms with E-state index < -0.39 is 0 Å². The first-order valence-corrected chi connectivity index (χ1v) is 6.14. The van der Waals surface area contributed by atoms with Crippen LogP contribution < -0.4 is 0 Å². The van der Waals surface area contributed by atoms with Gasteiger partial charge in [-0.05, 0) is 24.3 Å². The average molecular weight is 220 g/mol. The molecule has 0 aliphatic carbocycles. The molecule has 0 bridgehead atoms. The summed E-state index contributed by atoms with van der Waals surface area (Å²) in [5.41, 5.74) is 1.83. The fourth-order valence-corrected chi connectivity index (χ4v) is 2.29. The summed E-state index contributed by atoms with van der Waals surface area (Å²) >= 11 is 1.81. The van der Waals surface area contributed by atoms with Crippen LogP contribution >= 0.6 is 11.8 Å². The molecule has 0 amide bonds. The third kappa shape index (κ3) is 2.31. The van der Waals surface area contributed by atoms with Crippen molar-refractivity contribution in [3.63, 3.8) is 0 Å². The van der Waals surface area contributed by atoms with Crippen molar-refractivity contribution in [3.8, 4) is 0 Å². The molecule has 0 saturated heterocycles. The highest BCUT2D eigenvalue weighted by molar-refractivity contribution is 7.99. The molecule has 3 nitrogen and oxygen atoms in total. The van der Waals surface area contributed by atoms with Crippen LogP contribution in [-0.2, 0) is 7.05 Å². The Morgan fingerprint density at radius 2 is 2.33 bits per heavy atom. The number of aryl methyl sites for hydroxylation is 1. The quantitative estimate of drug-likeness (QED) is 0.586. The number of hydrogen-bond acceptors (Lipinski definition) is 3. The van der Waals surface area contributed by atoms with Crippen LogP contribution in [0.1, 0.15) is 19.8 Å². The molecule has 2 aromatic heterocycles. The molecule has 79 valence electrons. The van der Waals surface area contributed by atoms with E-state index in [-0.39, 0.29) is 0 Å². The lowest BCUT2D eigenvalue weighted by Gasteiger charge is -2.00. The summed E-state index contributed by atoms with van der Waals surface area (Å²) in [7, 11) is 1.92. The first kappa shape index (κ1) is 10.5. The van der Waals surface area contributed by atoms with Gasteiger partial charge in [-0.3, -0.25) is 0 Å². The summed E-state index contributed by atoms with van der Waals surface area (Å²) in [5.74, 6) is 1.14. The van der Waals surface area contributed by atoms with Gasteiger partial charge in [-0.15, -0.1) is 11.8 Å². The first-order chi connectivity index (χ1) is 7.31. The molecule has 2 rings (SSSR count). The topological polar surface area (TPSA) is 30.7 Å². The van der Waals surface area contributed by atoms with E-state index in [2.05, 4.69) is 23.2 Å². The third-order valence-corrected chi connectivity index (χ3v) is 3.23. The van der Waals surface area contributed by atoms with Crippen LogP contribution in [0.25, 0.3) is 11.2 Å². The minimum absolute atomic E-state index is 0.913. The van der Waals surface area contributed by atoms with Crippen molar-refractivity contribution in [1.82, 2.24) is 14.5 Å². The molecule has 0 saturated carbocycles. The molecule has 0 aromatic carbocycles. The Labute approximate surface area is 93.9 Å². The summed E-state index contributed by atoms with van der Waals surface area (Å²) in [5, 5.41) is 1.08. The highest BCUT2D eigenvalue weighted by Crippen LogP contribution is 2.19. The Morgan fingerprint density at radius 1 is 1.47 bits per heavy atom. The van der Waals surface area contributed by atoms with Crippen LogP contribution in [0.3, 0.4) is 0 Å². The van der Waals surface area contributed by atoms with Gasteiger partial charge in [-0.25, -0.2) is 9.97 Å². The van der Waals surface area contributed by atoms with Gasteiger partial charge in [0.1, 0.15) is 5.52 Å². The molecule has 0 fully saturated rings. The molecule has 0 N–H and O–H groups in total. The van der Waals surface area contributed by atoms with Gasteiger partial charge in [0.15, 0.2) is 12.0 Å². The van der Waals surface area contributed by atoms with Crippen LogP contribution in [0.4, 0.5) is 0 Å². The van der Waals surface area contributed by atoms with Gasteiger partial charge in [-0.2, -0.15) is 0 Å². The summed E-state index contributed by atoms with van der Waals surface area (Å²) in [6, 6.07) is 4.04. The molecule has 0 spiro atoms. The monoisotopic (exact) mass is 220 g/mol. The number of imidazole rings is 1. The van der Waals surface area contributed by atoms with Gasteiger partial charge in [0.2, 0.25) is 0 Å². The zero-order chi connectivity index (χ0) is 10.7. The standard InChI is InChI=1S/C11H14N3S/c1-3-4-7-15-10-6-5-9-11(13-10)14(2)8-12-9/h5-6H,3-4,7H2,1-2H3. The van der Waals surface area contributed by atoms with E-state index in [1.54, 1.807) is 11.8 Å². The third-order valence-electron chi connectivity index (χ3n) is 2.21. The predicted octanol–water partition coefficient (Wildman–Crippen LogP) is 2.66. The van der Waals surface area contributed by atoms with E-state index in [4.69, 9.17) is 0 Å². The Kier molecular flexibility index (Phi) is 3.26. The predicted molar refractivity (Wildman–Crippen MR) is 63.0 cm³/mol. The number of pyridine rings is 1. The van der Waals surface area contributed by atoms with E-state index in [0.29, 0.717) is 0 Å². The SMILES string of the molecule is CCCCSc1ccc2n[c]n(C)c2n1. The number of fused-ring (bicyclic) bond motifs is 1. The van der Waals surface area contributed by atoms with Crippen LogP contribution in [0.2, 0.25) is 0 Å². The van der Waals surface area contributed by atoms with Crippen molar-refractivity contribution in [2.75, 3.05) is 5.75 Å². The van der Waals surface area contributed by atoms with Crippen LogP contribution in [-0.4, -0.2) is 20.3 Å². The number of aromatic nitrogens is 3. The molecule has 15 heavy (non-hydrogen) atoms. The Bertz CT molecular complexity index is 450. The maximum absolute atomic E-state index is 4.54. The number of hydrogen-bond donors (Lipinski definition) is 0. The van der Waals surface area contributed by atoms with Crippen molar-refractivity contribution < 1.29 is 0 Å². The fraction of sp³-hybridized carbons (Fsp3) is 0.455. The van der Waals surface area contributed by atoms with Gasteiger partial charge < -0.3 is 4.57 Å². The molecule has 1 radical (unpaired) electrons. The molecular weight excluding hydrogens is 206 g/mol. The normalized spacial score (nSPS) is 11.1. The van der Waals surface area contributed by atoms with Crippen molar-refractivity contribution in [3.05, 3.63) is 18.5 Å². The number of rotatable bonds is 4. The summed E-state index contributed by atoms with van der Waals surface area (Å²) < 4.78 is 1.83. The second-order valence-corrected chi connectivity index (χ2v) is 4.58. The molecule has 2 aromatic rings. The van der Waals surface area contributed by atoms with Gasteiger partial charge in [-0.1, -0.05) is 13.3 Å². The van der Waals surface area contributed by atoms with Gasteiger partial charge in [0, 0.05) is 7.05 Å². The van der Waals surface area contributed by atoms with E-state index in [9.17, 15) is 0 Å². The molecule has 0 aliphatic heterocycles. The van der Waals surface area contributed by atoms with Crippen molar-refractivity contribution in [1.29, 1.82) is 0 Å². The van der Waals surface area contributed by atoms with Crippen LogP contribution in [0.15, 0.2) is 17.2 Å². The maximum Gasteiger partial charge on any atom is 0.178 e. The summed E-state index contributed by atoms with van der Waals surface area (Å²) in [4.78, 5) is 8.66. The van der Waals surface area contributed by atoms with Crippen molar-refractivity contribution in [2.24, 2.45) is 7.05 Å². The summed E-state index contributed by atoms with van der Waals surface area (Å²) in [6.07, 6.45) is 5.33. The number of unbranched alkanes of at least 4 members (excludes halogenated alkanes) is 1. The number of nitrogens with zero attached hydrogens (tertiary/aromatic N) is 3. The zero-order valence-electron chi connectivity index (χ0n) is 9.03. The highest BCUT2D eigenvalue weighted by Gasteiger charge is 2.03. The average Bonchev–Trinajstić information content (AvgIpc) is 2.61. The molecule has 0 unspecified atom stereocenters. The van der Waals surface area contributed by atoms with E-state index in [1.165, 1.54) is 12.8 Å². The molecule has 0 aliphatic rings. The maximum atomic E-state index is 4.54. The Morgan fingerprint density at radius 3 is 3.13 bits per heavy atom. The molecular formula is C11H14N3S. The van der Waals surface area contributed by atoms with Gasteiger partial charge in [0.05, 0.1) is 5.03 Å². The minimum Gasteiger partial charge on any atom is -0.309 e. The number of thioether (sulfide) groups is 1.